The lowest BCUT2D eigenvalue weighted by Gasteiger charge is -2.14. The number of hydrogen-bond acceptors (Lipinski definition) is 4. The van der Waals surface area contributed by atoms with Crippen molar-refractivity contribution in [3.8, 4) is 5.75 Å². The maximum Gasteiger partial charge on any atom is 0.291 e. The molecule has 1 aromatic heterocycles. The van der Waals surface area contributed by atoms with Crippen LogP contribution in [0.25, 0.3) is 6.08 Å². The van der Waals surface area contributed by atoms with Gasteiger partial charge in [0, 0.05) is 22.9 Å². The van der Waals surface area contributed by atoms with Crippen molar-refractivity contribution in [1.29, 1.82) is 0 Å². The molecule has 1 heterocycles. The van der Waals surface area contributed by atoms with Crippen LogP contribution in [0.15, 0.2) is 41.5 Å². The first-order valence-electron chi connectivity index (χ1n) is 7.61. The number of aromatic nitrogens is 2. The summed E-state index contributed by atoms with van der Waals surface area (Å²) >= 11 is 0. The van der Waals surface area contributed by atoms with Gasteiger partial charge in [-0.05, 0) is 24.3 Å². The summed E-state index contributed by atoms with van der Waals surface area (Å²) in [6, 6.07) is 9.36. The van der Waals surface area contributed by atoms with Crippen molar-refractivity contribution in [3.63, 3.8) is 0 Å². The third kappa shape index (κ3) is 4.55. The number of amides is 1. The topological polar surface area (TPSA) is 79.4 Å². The molecule has 0 radical (unpaired) electrons. The number of nitrogens with one attached hydrogen (secondary N) is 2. The summed E-state index contributed by atoms with van der Waals surface area (Å²) in [7, 11) is 1.62. The predicted molar refractivity (Wildman–Crippen MR) is 95.3 cm³/mol. The van der Waals surface area contributed by atoms with Gasteiger partial charge in [0.1, 0.15) is 5.75 Å². The maximum absolute atomic E-state index is 12.0. The molecule has 0 saturated heterocycles. The van der Waals surface area contributed by atoms with Crippen molar-refractivity contribution in [2.45, 2.75) is 26.2 Å². The van der Waals surface area contributed by atoms with Gasteiger partial charge in [0.2, 0.25) is 0 Å². The Kier molecular flexibility index (Phi) is 5.52. The Morgan fingerprint density at radius 3 is 2.75 bits per heavy atom. The number of aromatic amines is 1. The lowest BCUT2D eigenvalue weighted by atomic mass is 9.92. The van der Waals surface area contributed by atoms with Crippen LogP contribution in [0.4, 0.5) is 0 Å². The van der Waals surface area contributed by atoms with E-state index in [0.29, 0.717) is 5.69 Å². The van der Waals surface area contributed by atoms with Crippen LogP contribution in [0.3, 0.4) is 0 Å². The summed E-state index contributed by atoms with van der Waals surface area (Å²) in [5.74, 6) is 0.418. The van der Waals surface area contributed by atoms with Gasteiger partial charge in [-0.15, -0.1) is 0 Å². The van der Waals surface area contributed by atoms with E-state index >= 15 is 0 Å². The fourth-order valence-electron chi connectivity index (χ4n) is 1.97. The molecular formula is C18H22N4O2. The van der Waals surface area contributed by atoms with E-state index in [1.807, 2.05) is 51.1 Å². The number of para-hydroxylation sites is 1. The zero-order valence-corrected chi connectivity index (χ0v) is 14.3. The van der Waals surface area contributed by atoms with Gasteiger partial charge in [0.25, 0.3) is 5.91 Å². The number of H-pyrrole nitrogens is 1. The second-order valence-electron chi connectivity index (χ2n) is 6.24. The highest BCUT2D eigenvalue weighted by Gasteiger charge is 2.18. The molecule has 0 bridgehead atoms. The van der Waals surface area contributed by atoms with Crippen LogP contribution in [-0.4, -0.2) is 29.4 Å². The molecule has 1 amide bonds. The number of ether oxygens (including phenoxy) is 1. The van der Waals surface area contributed by atoms with Crippen LogP contribution in [0.5, 0.6) is 5.75 Å². The number of allylic oxidation sites excluding steroid dienone is 1. The number of carbonyl (C=O) groups excluding carboxylic acids is 1. The highest BCUT2D eigenvalue weighted by atomic mass is 16.5. The average Bonchev–Trinajstić information content (AvgIpc) is 3.05. The Balaban J connectivity index is 1.93. The normalized spacial score (nSPS) is 12.0. The summed E-state index contributed by atoms with van der Waals surface area (Å²) in [5.41, 5.74) is 4.49. The lowest BCUT2D eigenvalue weighted by molar-refractivity contribution is 0.0950. The number of hydrazone groups is 1. The van der Waals surface area contributed by atoms with Crippen molar-refractivity contribution >= 4 is 18.2 Å². The van der Waals surface area contributed by atoms with Gasteiger partial charge in [-0.25, -0.2) is 5.43 Å². The zero-order valence-electron chi connectivity index (χ0n) is 14.3. The molecule has 0 unspecified atom stereocenters. The molecule has 2 aromatic rings. The van der Waals surface area contributed by atoms with Gasteiger partial charge < -0.3 is 4.74 Å². The summed E-state index contributed by atoms with van der Waals surface area (Å²) < 4.78 is 5.25. The van der Waals surface area contributed by atoms with E-state index in [-0.39, 0.29) is 11.3 Å². The minimum Gasteiger partial charge on any atom is -0.496 e. The van der Waals surface area contributed by atoms with Crippen molar-refractivity contribution in [2.24, 2.45) is 5.10 Å². The monoisotopic (exact) mass is 326 g/mol. The largest absolute Gasteiger partial charge is 0.496 e. The van der Waals surface area contributed by atoms with Crippen LogP contribution in [0.1, 0.15) is 42.5 Å². The Bertz CT molecular complexity index is 754. The molecule has 2 rings (SSSR count). The molecule has 1 aromatic carbocycles. The van der Waals surface area contributed by atoms with Crippen LogP contribution in [0, 0.1) is 0 Å². The smallest absolute Gasteiger partial charge is 0.291 e. The second-order valence-corrected chi connectivity index (χ2v) is 6.24. The highest BCUT2D eigenvalue weighted by molar-refractivity contribution is 5.93. The van der Waals surface area contributed by atoms with Gasteiger partial charge in [0.15, 0.2) is 5.69 Å². The first-order chi connectivity index (χ1) is 11.4. The maximum atomic E-state index is 12.0. The Hall–Kier alpha value is -2.89. The third-order valence-corrected chi connectivity index (χ3v) is 3.36. The summed E-state index contributed by atoms with van der Waals surface area (Å²) in [5, 5.41) is 10.8. The van der Waals surface area contributed by atoms with Gasteiger partial charge in [-0.2, -0.15) is 10.2 Å². The van der Waals surface area contributed by atoms with E-state index < -0.39 is 0 Å². The summed E-state index contributed by atoms with van der Waals surface area (Å²) in [6.07, 6.45) is 5.08. The molecule has 0 saturated carbocycles. The summed E-state index contributed by atoms with van der Waals surface area (Å²) in [4.78, 5) is 12.0. The molecule has 6 nitrogen and oxygen atoms in total. The standard InChI is InChI=1S/C18H22N4O2/c1-18(2,3)16-12-14(20-21-16)17(23)22-19-11-7-9-13-8-5-6-10-15(13)24-4/h5-12H,1-4H3,(H,20,21)(H,22,23)/b9-7+,19-11-. The molecule has 0 fully saturated rings. The van der Waals surface area contributed by atoms with Crippen LogP contribution < -0.4 is 10.2 Å². The first kappa shape index (κ1) is 17.5. The molecule has 0 aliphatic rings. The number of rotatable bonds is 5. The molecule has 0 atom stereocenters. The Morgan fingerprint density at radius 1 is 1.33 bits per heavy atom. The Labute approximate surface area is 141 Å². The molecule has 2 N–H and O–H groups in total. The minimum absolute atomic E-state index is 0.0910. The molecular weight excluding hydrogens is 304 g/mol. The molecule has 24 heavy (non-hydrogen) atoms. The fraction of sp³-hybridized carbons (Fsp3) is 0.278. The van der Waals surface area contributed by atoms with Crippen molar-refractivity contribution in [3.05, 3.63) is 53.4 Å². The van der Waals surface area contributed by atoms with E-state index in [9.17, 15) is 4.79 Å². The number of nitrogens with zero attached hydrogens (tertiary/aromatic N) is 2. The van der Waals surface area contributed by atoms with E-state index in [0.717, 1.165) is 17.0 Å². The number of benzene rings is 1. The average molecular weight is 326 g/mol. The van der Waals surface area contributed by atoms with Crippen LogP contribution in [-0.2, 0) is 5.41 Å². The minimum atomic E-state index is -0.358. The number of carbonyl (C=O) groups is 1. The van der Waals surface area contributed by atoms with Gasteiger partial charge in [-0.1, -0.05) is 39.0 Å². The van der Waals surface area contributed by atoms with Crippen LogP contribution in [0.2, 0.25) is 0 Å². The van der Waals surface area contributed by atoms with Crippen molar-refractivity contribution in [1.82, 2.24) is 15.6 Å². The fourth-order valence-corrected chi connectivity index (χ4v) is 1.97. The molecule has 6 heteroatoms. The summed E-state index contributed by atoms with van der Waals surface area (Å²) in [6.45, 7) is 6.13. The molecule has 0 aliphatic heterocycles. The van der Waals surface area contributed by atoms with Gasteiger partial charge in [-0.3, -0.25) is 9.89 Å². The molecule has 0 spiro atoms. The van der Waals surface area contributed by atoms with Crippen molar-refractivity contribution < 1.29 is 9.53 Å². The third-order valence-electron chi connectivity index (χ3n) is 3.36. The van der Waals surface area contributed by atoms with E-state index in [2.05, 4.69) is 20.7 Å². The van der Waals surface area contributed by atoms with E-state index in [1.54, 1.807) is 19.3 Å². The van der Waals surface area contributed by atoms with Gasteiger partial charge in [0.05, 0.1) is 7.11 Å². The zero-order chi connectivity index (χ0) is 17.6. The van der Waals surface area contributed by atoms with E-state index in [1.165, 1.54) is 6.21 Å². The Morgan fingerprint density at radius 2 is 2.08 bits per heavy atom. The molecule has 126 valence electrons. The quantitative estimate of drug-likeness (QED) is 0.654. The predicted octanol–water partition coefficient (Wildman–Crippen LogP) is 3.14. The molecule has 0 aliphatic carbocycles. The van der Waals surface area contributed by atoms with Gasteiger partial charge >= 0.3 is 0 Å². The number of hydrogen-bond donors (Lipinski definition) is 2. The first-order valence-corrected chi connectivity index (χ1v) is 7.61. The van der Waals surface area contributed by atoms with Crippen LogP contribution >= 0.6 is 0 Å². The number of methoxy groups -OCH3 is 1. The van der Waals surface area contributed by atoms with E-state index in [4.69, 9.17) is 4.74 Å². The SMILES string of the molecule is COc1ccccc1/C=C/C=N\NC(=O)c1cc(C(C)(C)C)[nH]n1. The van der Waals surface area contributed by atoms with Crippen molar-refractivity contribution in [2.75, 3.05) is 7.11 Å². The lowest BCUT2D eigenvalue weighted by Crippen LogP contribution is -2.17. The highest BCUT2D eigenvalue weighted by Crippen LogP contribution is 2.20. The second kappa shape index (κ2) is 7.59.